The van der Waals surface area contributed by atoms with Crippen molar-refractivity contribution in [2.75, 3.05) is 11.1 Å². The number of amides is 1. The van der Waals surface area contributed by atoms with Crippen LogP contribution in [0.3, 0.4) is 0 Å². The summed E-state index contributed by atoms with van der Waals surface area (Å²) in [5, 5.41) is 9.88. The van der Waals surface area contributed by atoms with Crippen LogP contribution >= 0.6 is 11.8 Å². The summed E-state index contributed by atoms with van der Waals surface area (Å²) in [6, 6.07) is 15.6. The lowest BCUT2D eigenvalue weighted by Crippen LogP contribution is -2.15. The minimum Gasteiger partial charge on any atom is -0.323 e. The first-order chi connectivity index (χ1) is 11.2. The Kier molecular flexibility index (Phi) is 4.68. The van der Waals surface area contributed by atoms with E-state index in [1.807, 2.05) is 30.3 Å². The van der Waals surface area contributed by atoms with Crippen LogP contribution in [0.15, 0.2) is 59.8 Å². The van der Waals surface area contributed by atoms with Gasteiger partial charge in [-0.3, -0.25) is 9.89 Å². The second kappa shape index (κ2) is 7.06. The Bertz CT molecular complexity index is 807. The molecule has 1 heterocycles. The third kappa shape index (κ3) is 3.95. The van der Waals surface area contributed by atoms with E-state index in [-0.39, 0.29) is 17.3 Å². The predicted molar refractivity (Wildman–Crippen MR) is 87.6 cm³/mol. The maximum atomic E-state index is 13.5. The number of rotatable bonds is 5. The van der Waals surface area contributed by atoms with Crippen LogP contribution in [-0.2, 0) is 4.79 Å². The minimum atomic E-state index is -0.463. The molecule has 2 N–H and O–H groups in total. The van der Waals surface area contributed by atoms with Gasteiger partial charge in [0, 0.05) is 5.56 Å². The molecule has 0 aliphatic carbocycles. The standard InChI is InChI=1S/C16H13FN4OS/c17-12-8-4-5-9-13(12)18-14(22)10-23-16-19-15(20-21-16)11-6-2-1-3-7-11/h1-9H,10H2,(H,18,22)(H,19,20,21). The van der Waals surface area contributed by atoms with Crippen molar-refractivity contribution in [1.82, 2.24) is 15.2 Å². The fourth-order valence-corrected chi connectivity index (χ4v) is 2.51. The number of hydrogen-bond donors (Lipinski definition) is 2. The van der Waals surface area contributed by atoms with E-state index in [9.17, 15) is 9.18 Å². The summed E-state index contributed by atoms with van der Waals surface area (Å²) in [5.41, 5.74) is 1.08. The van der Waals surface area contributed by atoms with Crippen LogP contribution in [0.25, 0.3) is 11.4 Å². The van der Waals surface area contributed by atoms with E-state index in [4.69, 9.17) is 0 Å². The molecule has 0 spiro atoms. The number of carbonyl (C=O) groups excluding carboxylic acids is 1. The minimum absolute atomic E-state index is 0.0976. The van der Waals surface area contributed by atoms with Crippen molar-refractivity contribution in [2.24, 2.45) is 0 Å². The molecule has 1 aromatic heterocycles. The normalized spacial score (nSPS) is 10.5. The molecule has 3 aromatic rings. The average Bonchev–Trinajstić information content (AvgIpc) is 3.05. The molecule has 0 radical (unpaired) electrons. The highest BCUT2D eigenvalue weighted by Gasteiger charge is 2.10. The number of thioether (sulfide) groups is 1. The molecular weight excluding hydrogens is 315 g/mol. The van der Waals surface area contributed by atoms with Crippen molar-refractivity contribution in [3.05, 3.63) is 60.4 Å². The molecular formula is C16H13FN4OS. The summed E-state index contributed by atoms with van der Waals surface area (Å²) < 4.78 is 13.5. The van der Waals surface area contributed by atoms with Gasteiger partial charge in [-0.2, -0.15) is 0 Å². The molecule has 0 aliphatic heterocycles. The Morgan fingerprint density at radius 3 is 2.65 bits per heavy atom. The lowest BCUT2D eigenvalue weighted by atomic mass is 10.2. The SMILES string of the molecule is O=C(CSc1n[nH]c(-c2ccccc2)n1)Nc1ccccc1F. The monoisotopic (exact) mass is 328 g/mol. The molecule has 23 heavy (non-hydrogen) atoms. The van der Waals surface area contributed by atoms with Crippen molar-refractivity contribution in [1.29, 1.82) is 0 Å². The third-order valence-electron chi connectivity index (χ3n) is 2.99. The van der Waals surface area contributed by atoms with Crippen molar-refractivity contribution in [2.45, 2.75) is 5.16 Å². The number of aromatic amines is 1. The largest absolute Gasteiger partial charge is 0.323 e. The summed E-state index contributed by atoms with van der Waals surface area (Å²) in [4.78, 5) is 16.2. The Morgan fingerprint density at radius 2 is 1.87 bits per heavy atom. The molecule has 2 aromatic carbocycles. The van der Waals surface area contributed by atoms with Crippen LogP contribution in [0, 0.1) is 5.82 Å². The Labute approximate surface area is 136 Å². The Balaban J connectivity index is 1.58. The van der Waals surface area contributed by atoms with Crippen molar-refractivity contribution in [3.8, 4) is 11.4 Å². The summed E-state index contributed by atoms with van der Waals surface area (Å²) in [6.07, 6.45) is 0. The van der Waals surface area contributed by atoms with Crippen LogP contribution in [0.4, 0.5) is 10.1 Å². The molecule has 116 valence electrons. The first kappa shape index (κ1) is 15.2. The molecule has 3 rings (SSSR count). The number of benzene rings is 2. The molecule has 0 fully saturated rings. The molecule has 0 aliphatic rings. The zero-order chi connectivity index (χ0) is 16.1. The van der Waals surface area contributed by atoms with E-state index in [1.165, 1.54) is 23.9 Å². The highest BCUT2D eigenvalue weighted by atomic mass is 32.2. The number of aromatic nitrogens is 3. The van der Waals surface area contributed by atoms with Gasteiger partial charge in [-0.1, -0.05) is 54.2 Å². The molecule has 0 saturated heterocycles. The lowest BCUT2D eigenvalue weighted by Gasteiger charge is -2.04. The first-order valence-electron chi connectivity index (χ1n) is 6.87. The first-order valence-corrected chi connectivity index (χ1v) is 7.86. The van der Waals surface area contributed by atoms with Gasteiger partial charge in [0.25, 0.3) is 0 Å². The zero-order valence-corrected chi connectivity index (χ0v) is 12.8. The molecule has 5 nitrogen and oxygen atoms in total. The van der Waals surface area contributed by atoms with Crippen molar-refractivity contribution in [3.63, 3.8) is 0 Å². The van der Waals surface area contributed by atoms with Gasteiger partial charge in [0.1, 0.15) is 5.82 Å². The number of para-hydroxylation sites is 1. The van der Waals surface area contributed by atoms with Gasteiger partial charge in [0.15, 0.2) is 5.82 Å². The van der Waals surface area contributed by atoms with E-state index in [1.54, 1.807) is 12.1 Å². The molecule has 1 amide bonds. The quantitative estimate of drug-likeness (QED) is 0.705. The topological polar surface area (TPSA) is 70.7 Å². The van der Waals surface area contributed by atoms with Crippen LogP contribution in [0.1, 0.15) is 0 Å². The van der Waals surface area contributed by atoms with E-state index >= 15 is 0 Å². The molecule has 0 atom stereocenters. The second-order valence-corrected chi connectivity index (χ2v) is 5.59. The van der Waals surface area contributed by atoms with E-state index in [0.717, 1.165) is 5.56 Å². The Morgan fingerprint density at radius 1 is 1.13 bits per heavy atom. The Hall–Kier alpha value is -2.67. The molecule has 0 unspecified atom stereocenters. The fourth-order valence-electron chi connectivity index (χ4n) is 1.92. The number of H-pyrrole nitrogens is 1. The van der Waals surface area contributed by atoms with Crippen LogP contribution in [0.2, 0.25) is 0 Å². The van der Waals surface area contributed by atoms with E-state index in [0.29, 0.717) is 11.0 Å². The van der Waals surface area contributed by atoms with E-state index in [2.05, 4.69) is 20.5 Å². The van der Waals surface area contributed by atoms with Gasteiger partial charge in [-0.05, 0) is 12.1 Å². The highest BCUT2D eigenvalue weighted by molar-refractivity contribution is 7.99. The summed E-state index contributed by atoms with van der Waals surface area (Å²) >= 11 is 1.18. The molecule has 7 heteroatoms. The summed E-state index contributed by atoms with van der Waals surface area (Å²) in [6.45, 7) is 0. The van der Waals surface area contributed by atoms with Gasteiger partial charge >= 0.3 is 0 Å². The molecule has 0 saturated carbocycles. The number of anilines is 1. The lowest BCUT2D eigenvalue weighted by molar-refractivity contribution is -0.113. The predicted octanol–water partition coefficient (Wildman–Crippen LogP) is 3.34. The third-order valence-corrected chi connectivity index (χ3v) is 3.84. The van der Waals surface area contributed by atoms with Gasteiger partial charge < -0.3 is 5.32 Å². The van der Waals surface area contributed by atoms with Gasteiger partial charge in [0.2, 0.25) is 11.1 Å². The van der Waals surface area contributed by atoms with Gasteiger partial charge in [-0.15, -0.1) is 5.10 Å². The van der Waals surface area contributed by atoms with Gasteiger partial charge in [-0.25, -0.2) is 9.37 Å². The number of nitrogens with zero attached hydrogens (tertiary/aromatic N) is 2. The zero-order valence-electron chi connectivity index (χ0n) is 12.0. The van der Waals surface area contributed by atoms with E-state index < -0.39 is 5.82 Å². The van der Waals surface area contributed by atoms with Gasteiger partial charge in [0.05, 0.1) is 11.4 Å². The average molecular weight is 328 g/mol. The summed E-state index contributed by atoms with van der Waals surface area (Å²) in [5.74, 6) is -0.0377. The maximum Gasteiger partial charge on any atom is 0.234 e. The van der Waals surface area contributed by atoms with Crippen LogP contribution in [0.5, 0.6) is 0 Å². The molecule has 0 bridgehead atoms. The summed E-state index contributed by atoms with van der Waals surface area (Å²) in [7, 11) is 0. The highest BCUT2D eigenvalue weighted by Crippen LogP contribution is 2.19. The van der Waals surface area contributed by atoms with Crippen LogP contribution < -0.4 is 5.32 Å². The fraction of sp³-hybridized carbons (Fsp3) is 0.0625. The number of halogens is 1. The smallest absolute Gasteiger partial charge is 0.234 e. The van der Waals surface area contributed by atoms with Crippen LogP contribution in [-0.4, -0.2) is 26.8 Å². The number of nitrogens with one attached hydrogen (secondary N) is 2. The maximum absolute atomic E-state index is 13.5. The number of hydrogen-bond acceptors (Lipinski definition) is 4. The second-order valence-electron chi connectivity index (χ2n) is 4.65. The van der Waals surface area contributed by atoms with Crippen molar-refractivity contribution < 1.29 is 9.18 Å². The number of carbonyl (C=O) groups is 1. The van der Waals surface area contributed by atoms with Crippen molar-refractivity contribution >= 4 is 23.4 Å².